The summed E-state index contributed by atoms with van der Waals surface area (Å²) in [5, 5.41) is 4.99. The smallest absolute Gasteiger partial charge is 0.407 e. The zero-order valence-electron chi connectivity index (χ0n) is 17.1. The van der Waals surface area contributed by atoms with Gasteiger partial charge in [-0.1, -0.05) is 0 Å². The van der Waals surface area contributed by atoms with Gasteiger partial charge in [-0.05, 0) is 41.5 Å². The monoisotopic (exact) mass is 402 g/mol. The first-order valence-corrected chi connectivity index (χ1v) is 8.95. The SMILES string of the molecule is CC(C)OC(=O)N[C@@H](C)COC(=O)/C=C/C(=O)OC[C@H](C)NC(=O)OC(C)C. The van der Waals surface area contributed by atoms with Gasteiger partial charge in [0.2, 0.25) is 0 Å². The maximum Gasteiger partial charge on any atom is 0.407 e. The van der Waals surface area contributed by atoms with Gasteiger partial charge in [-0.15, -0.1) is 0 Å². The maximum absolute atomic E-state index is 11.6. The van der Waals surface area contributed by atoms with E-state index in [0.717, 1.165) is 12.2 Å². The first-order chi connectivity index (χ1) is 13.0. The van der Waals surface area contributed by atoms with E-state index in [1.54, 1.807) is 41.5 Å². The lowest BCUT2D eigenvalue weighted by Crippen LogP contribution is -2.38. The third-order valence-electron chi connectivity index (χ3n) is 2.72. The third kappa shape index (κ3) is 14.4. The van der Waals surface area contributed by atoms with Crippen LogP contribution < -0.4 is 10.6 Å². The van der Waals surface area contributed by atoms with Crippen LogP contribution in [-0.4, -0.2) is 61.6 Å². The fourth-order valence-electron chi connectivity index (χ4n) is 1.63. The lowest BCUT2D eigenvalue weighted by molar-refractivity contribution is -0.141. The normalized spacial score (nSPS) is 13.0. The molecule has 160 valence electrons. The summed E-state index contributed by atoms with van der Waals surface area (Å²) >= 11 is 0. The van der Waals surface area contributed by atoms with Crippen molar-refractivity contribution in [3.63, 3.8) is 0 Å². The van der Waals surface area contributed by atoms with Crippen LogP contribution in [0.4, 0.5) is 9.59 Å². The van der Waals surface area contributed by atoms with E-state index in [-0.39, 0.29) is 25.4 Å². The molecule has 0 saturated carbocycles. The summed E-state index contributed by atoms with van der Waals surface area (Å²) in [6, 6.07) is -0.929. The molecule has 0 bridgehead atoms. The van der Waals surface area contributed by atoms with E-state index in [1.165, 1.54) is 0 Å². The molecular formula is C18H30N2O8. The van der Waals surface area contributed by atoms with Crippen molar-refractivity contribution < 1.29 is 38.1 Å². The van der Waals surface area contributed by atoms with E-state index in [1.807, 2.05) is 0 Å². The second-order valence-electron chi connectivity index (χ2n) is 6.59. The van der Waals surface area contributed by atoms with Crippen molar-refractivity contribution in [2.24, 2.45) is 0 Å². The minimum Gasteiger partial charge on any atom is -0.460 e. The molecule has 0 fully saturated rings. The first kappa shape index (κ1) is 25.2. The molecule has 2 amide bonds. The van der Waals surface area contributed by atoms with Crippen molar-refractivity contribution in [1.82, 2.24) is 10.6 Å². The molecule has 0 saturated heterocycles. The van der Waals surface area contributed by atoms with Gasteiger partial charge in [0.25, 0.3) is 0 Å². The Morgan fingerprint density at radius 2 is 1.00 bits per heavy atom. The van der Waals surface area contributed by atoms with Crippen molar-refractivity contribution >= 4 is 24.1 Å². The molecule has 0 aliphatic carbocycles. The number of nitrogens with one attached hydrogen (secondary N) is 2. The molecule has 0 aromatic heterocycles. The molecular weight excluding hydrogens is 372 g/mol. The zero-order valence-corrected chi connectivity index (χ0v) is 17.1. The average Bonchev–Trinajstić information content (AvgIpc) is 2.54. The van der Waals surface area contributed by atoms with Crippen LogP contribution in [-0.2, 0) is 28.5 Å². The summed E-state index contributed by atoms with van der Waals surface area (Å²) in [7, 11) is 0. The zero-order chi connectivity index (χ0) is 21.7. The Bertz CT molecular complexity index is 512. The second-order valence-corrected chi connectivity index (χ2v) is 6.59. The summed E-state index contributed by atoms with van der Waals surface area (Å²) in [6.45, 7) is 9.92. The third-order valence-corrected chi connectivity index (χ3v) is 2.72. The van der Waals surface area contributed by atoms with E-state index >= 15 is 0 Å². The van der Waals surface area contributed by atoms with Gasteiger partial charge in [-0.3, -0.25) is 0 Å². The lowest BCUT2D eigenvalue weighted by Gasteiger charge is -2.15. The Balaban J connectivity index is 4.08. The molecule has 0 aromatic rings. The first-order valence-electron chi connectivity index (χ1n) is 8.95. The molecule has 0 spiro atoms. The molecule has 0 aliphatic rings. The van der Waals surface area contributed by atoms with Gasteiger partial charge in [0.05, 0.1) is 24.3 Å². The number of esters is 2. The second kappa shape index (κ2) is 13.4. The molecule has 10 heteroatoms. The average molecular weight is 402 g/mol. The van der Waals surface area contributed by atoms with Crippen LogP contribution in [0.2, 0.25) is 0 Å². The van der Waals surface area contributed by atoms with E-state index in [4.69, 9.17) is 18.9 Å². The molecule has 2 atom stereocenters. The van der Waals surface area contributed by atoms with Gasteiger partial charge in [0.1, 0.15) is 13.2 Å². The summed E-state index contributed by atoms with van der Waals surface area (Å²) in [6.07, 6.45) is 0.0689. The number of hydrogen-bond acceptors (Lipinski definition) is 8. The van der Waals surface area contributed by atoms with Gasteiger partial charge in [-0.2, -0.15) is 0 Å². The number of ether oxygens (including phenoxy) is 4. The minimum absolute atomic E-state index is 0.0929. The molecule has 0 unspecified atom stereocenters. The Labute approximate surface area is 164 Å². The predicted octanol–water partition coefficient (Wildman–Crippen LogP) is 1.68. The van der Waals surface area contributed by atoms with Crippen LogP contribution >= 0.6 is 0 Å². The van der Waals surface area contributed by atoms with Crippen LogP contribution in [0.5, 0.6) is 0 Å². The van der Waals surface area contributed by atoms with E-state index in [0.29, 0.717) is 0 Å². The van der Waals surface area contributed by atoms with Crippen molar-refractivity contribution in [2.45, 2.75) is 65.8 Å². The fourth-order valence-corrected chi connectivity index (χ4v) is 1.63. The van der Waals surface area contributed by atoms with Crippen LogP contribution in [0.25, 0.3) is 0 Å². The van der Waals surface area contributed by atoms with Crippen molar-refractivity contribution in [3.8, 4) is 0 Å². The van der Waals surface area contributed by atoms with Crippen LogP contribution in [0.1, 0.15) is 41.5 Å². The highest BCUT2D eigenvalue weighted by Crippen LogP contribution is 1.95. The largest absolute Gasteiger partial charge is 0.460 e. The quantitative estimate of drug-likeness (QED) is 0.321. The van der Waals surface area contributed by atoms with Gasteiger partial charge < -0.3 is 29.6 Å². The maximum atomic E-state index is 11.6. The Hall–Kier alpha value is -2.78. The van der Waals surface area contributed by atoms with Gasteiger partial charge in [0.15, 0.2) is 0 Å². The topological polar surface area (TPSA) is 129 Å². The number of carbonyl (C=O) groups is 4. The Kier molecular flexibility index (Phi) is 12.1. The summed E-state index contributed by atoms with van der Waals surface area (Å²) in [5.41, 5.74) is 0. The summed E-state index contributed by atoms with van der Waals surface area (Å²) < 4.78 is 19.6. The molecule has 0 aliphatic heterocycles. The van der Waals surface area contributed by atoms with Crippen LogP contribution in [0.15, 0.2) is 12.2 Å². The molecule has 0 aromatic carbocycles. The molecule has 0 heterocycles. The Morgan fingerprint density at radius 1 is 0.679 bits per heavy atom. The molecule has 0 rings (SSSR count). The van der Waals surface area contributed by atoms with E-state index < -0.39 is 36.2 Å². The molecule has 2 N–H and O–H groups in total. The highest BCUT2D eigenvalue weighted by molar-refractivity contribution is 5.91. The number of alkyl carbamates (subject to hydrolysis) is 2. The van der Waals surface area contributed by atoms with E-state index in [9.17, 15) is 19.2 Å². The Morgan fingerprint density at radius 3 is 1.29 bits per heavy atom. The van der Waals surface area contributed by atoms with Gasteiger partial charge >= 0.3 is 24.1 Å². The number of carbonyl (C=O) groups excluding carboxylic acids is 4. The molecule has 10 nitrogen and oxygen atoms in total. The fraction of sp³-hybridized carbons (Fsp3) is 0.667. The van der Waals surface area contributed by atoms with Crippen LogP contribution in [0.3, 0.4) is 0 Å². The molecule has 0 radical (unpaired) electrons. The van der Waals surface area contributed by atoms with Crippen LogP contribution in [0, 0.1) is 0 Å². The summed E-state index contributed by atoms with van der Waals surface area (Å²) in [4.78, 5) is 45.9. The van der Waals surface area contributed by atoms with Crippen molar-refractivity contribution in [3.05, 3.63) is 12.2 Å². The number of rotatable bonds is 10. The number of hydrogen-bond donors (Lipinski definition) is 2. The highest BCUT2D eigenvalue weighted by atomic mass is 16.6. The van der Waals surface area contributed by atoms with Gasteiger partial charge in [-0.25, -0.2) is 19.2 Å². The number of amides is 2. The van der Waals surface area contributed by atoms with Crippen molar-refractivity contribution in [1.29, 1.82) is 0 Å². The predicted molar refractivity (Wildman–Crippen MR) is 99.5 cm³/mol. The highest BCUT2D eigenvalue weighted by Gasteiger charge is 2.13. The minimum atomic E-state index is -0.769. The summed E-state index contributed by atoms with van der Waals surface area (Å²) in [5.74, 6) is -1.54. The molecule has 28 heavy (non-hydrogen) atoms. The van der Waals surface area contributed by atoms with Crippen molar-refractivity contribution in [2.75, 3.05) is 13.2 Å². The standard InChI is InChI=1S/C18H30N2O8/c1-11(2)27-17(23)19-13(5)9-25-15(21)7-8-16(22)26-10-14(6)20-18(24)28-12(3)4/h7-8,11-14H,9-10H2,1-6H3,(H,19,23)(H,20,24)/b8-7+/t13-,14-/m0/s1. The lowest BCUT2D eigenvalue weighted by atomic mass is 10.3. The van der Waals surface area contributed by atoms with Gasteiger partial charge in [0, 0.05) is 12.2 Å². The van der Waals surface area contributed by atoms with E-state index in [2.05, 4.69) is 10.6 Å².